The highest BCUT2D eigenvalue weighted by Gasteiger charge is 2.16. The summed E-state index contributed by atoms with van der Waals surface area (Å²) in [5.41, 5.74) is 0.0230. The maximum Gasteiger partial charge on any atom is 0.256 e. The fourth-order valence-corrected chi connectivity index (χ4v) is 1.76. The van der Waals surface area contributed by atoms with E-state index in [1.165, 1.54) is 23.1 Å². The first-order valence-corrected chi connectivity index (χ1v) is 6.15. The number of halogens is 2. The van der Waals surface area contributed by atoms with E-state index < -0.39 is 5.82 Å². The number of hydrogen-bond donors (Lipinski definition) is 0. The van der Waals surface area contributed by atoms with Crippen molar-refractivity contribution in [2.24, 2.45) is 0 Å². The number of nitrogens with zero attached hydrogens (tertiary/aromatic N) is 2. The maximum atomic E-state index is 13.5. The fraction of sp³-hybridized carbons (Fsp3) is 0.462. The van der Waals surface area contributed by atoms with Crippen LogP contribution in [0.4, 0.5) is 4.39 Å². The molecule has 1 rings (SSSR count). The van der Waals surface area contributed by atoms with Crippen LogP contribution in [0.2, 0.25) is 5.02 Å². The zero-order chi connectivity index (χ0) is 13.7. The molecule has 0 aliphatic rings. The van der Waals surface area contributed by atoms with Gasteiger partial charge in [0.15, 0.2) is 0 Å². The normalized spacial score (nSPS) is 10.8. The van der Waals surface area contributed by atoms with E-state index in [1.807, 2.05) is 19.0 Å². The second-order valence-corrected chi connectivity index (χ2v) is 4.94. The lowest BCUT2D eigenvalue weighted by Gasteiger charge is -2.19. The van der Waals surface area contributed by atoms with Crippen LogP contribution in [-0.4, -0.2) is 49.9 Å². The quantitative estimate of drug-likeness (QED) is 0.822. The molecule has 0 radical (unpaired) electrons. The number of benzene rings is 1. The second kappa shape index (κ2) is 6.71. The van der Waals surface area contributed by atoms with Crippen LogP contribution in [0.25, 0.3) is 0 Å². The molecule has 0 heterocycles. The van der Waals surface area contributed by atoms with Crippen LogP contribution in [-0.2, 0) is 0 Å². The fourth-order valence-electron chi connectivity index (χ4n) is 1.59. The topological polar surface area (TPSA) is 23.6 Å². The van der Waals surface area contributed by atoms with E-state index in [1.54, 1.807) is 7.05 Å². The van der Waals surface area contributed by atoms with Crippen LogP contribution in [0, 0.1) is 5.82 Å². The molecular formula is C13H18ClFN2O. The molecule has 0 atom stereocenters. The average Bonchev–Trinajstić information content (AvgIpc) is 2.30. The van der Waals surface area contributed by atoms with Gasteiger partial charge in [-0.25, -0.2) is 4.39 Å². The molecule has 100 valence electrons. The molecule has 5 heteroatoms. The zero-order valence-electron chi connectivity index (χ0n) is 10.9. The number of carbonyl (C=O) groups excluding carboxylic acids is 1. The van der Waals surface area contributed by atoms with Gasteiger partial charge in [-0.15, -0.1) is 0 Å². The van der Waals surface area contributed by atoms with Crippen molar-refractivity contribution in [1.82, 2.24) is 9.80 Å². The monoisotopic (exact) mass is 272 g/mol. The van der Waals surface area contributed by atoms with Gasteiger partial charge < -0.3 is 9.80 Å². The van der Waals surface area contributed by atoms with Crippen LogP contribution in [0.3, 0.4) is 0 Å². The first-order valence-electron chi connectivity index (χ1n) is 5.77. The summed E-state index contributed by atoms with van der Waals surface area (Å²) in [5.74, 6) is -0.877. The number of carbonyl (C=O) groups is 1. The van der Waals surface area contributed by atoms with E-state index in [-0.39, 0.29) is 11.5 Å². The highest BCUT2D eigenvalue weighted by atomic mass is 35.5. The average molecular weight is 273 g/mol. The van der Waals surface area contributed by atoms with Crippen molar-refractivity contribution >= 4 is 17.5 Å². The highest BCUT2D eigenvalue weighted by molar-refractivity contribution is 6.30. The third-order valence-electron chi connectivity index (χ3n) is 2.60. The SMILES string of the molecule is CN(C)CCCN(C)C(=O)c1cc(Cl)ccc1F. The minimum absolute atomic E-state index is 0.0230. The van der Waals surface area contributed by atoms with Gasteiger partial charge in [0.05, 0.1) is 5.56 Å². The summed E-state index contributed by atoms with van der Waals surface area (Å²) >= 11 is 5.77. The van der Waals surface area contributed by atoms with E-state index in [0.29, 0.717) is 11.6 Å². The molecule has 0 aliphatic heterocycles. The molecule has 1 aromatic rings. The van der Waals surface area contributed by atoms with Crippen molar-refractivity contribution in [3.63, 3.8) is 0 Å². The van der Waals surface area contributed by atoms with Crippen molar-refractivity contribution in [1.29, 1.82) is 0 Å². The van der Waals surface area contributed by atoms with Crippen molar-refractivity contribution in [3.05, 3.63) is 34.6 Å². The molecule has 18 heavy (non-hydrogen) atoms. The number of rotatable bonds is 5. The Kier molecular flexibility index (Phi) is 5.56. The first-order chi connectivity index (χ1) is 8.41. The Balaban J connectivity index is 2.65. The Hall–Kier alpha value is -1.13. The molecular weight excluding hydrogens is 255 g/mol. The minimum atomic E-state index is -0.538. The maximum absolute atomic E-state index is 13.5. The van der Waals surface area contributed by atoms with E-state index in [2.05, 4.69) is 0 Å². The molecule has 0 spiro atoms. The van der Waals surface area contributed by atoms with Gasteiger partial charge in [0.25, 0.3) is 5.91 Å². The van der Waals surface area contributed by atoms with Crippen molar-refractivity contribution in [2.75, 3.05) is 34.2 Å². The van der Waals surface area contributed by atoms with Crippen LogP contribution in [0.5, 0.6) is 0 Å². The summed E-state index contributed by atoms with van der Waals surface area (Å²) in [5, 5.41) is 0.362. The Morgan fingerprint density at radius 3 is 2.56 bits per heavy atom. The Bertz CT molecular complexity index is 423. The summed E-state index contributed by atoms with van der Waals surface area (Å²) in [7, 11) is 5.61. The Labute approximate surface area is 112 Å². The predicted octanol–water partition coefficient (Wildman–Crippen LogP) is 2.50. The molecule has 0 aromatic heterocycles. The highest BCUT2D eigenvalue weighted by Crippen LogP contribution is 2.16. The second-order valence-electron chi connectivity index (χ2n) is 4.51. The molecule has 1 amide bonds. The first kappa shape index (κ1) is 14.9. The molecule has 0 aliphatic carbocycles. The molecule has 0 N–H and O–H groups in total. The molecule has 0 bridgehead atoms. The number of amides is 1. The summed E-state index contributed by atoms with van der Waals surface area (Å²) in [6.45, 7) is 1.47. The van der Waals surface area contributed by atoms with Crippen molar-refractivity contribution < 1.29 is 9.18 Å². The molecule has 0 saturated heterocycles. The molecule has 0 saturated carbocycles. The van der Waals surface area contributed by atoms with Crippen molar-refractivity contribution in [3.8, 4) is 0 Å². The largest absolute Gasteiger partial charge is 0.342 e. The minimum Gasteiger partial charge on any atom is -0.342 e. The summed E-state index contributed by atoms with van der Waals surface area (Å²) in [6.07, 6.45) is 0.845. The van der Waals surface area contributed by atoms with E-state index in [0.717, 1.165) is 13.0 Å². The lowest BCUT2D eigenvalue weighted by molar-refractivity contribution is 0.0786. The summed E-state index contributed by atoms with van der Waals surface area (Å²) in [6, 6.07) is 4.00. The Morgan fingerprint density at radius 1 is 1.28 bits per heavy atom. The van der Waals surface area contributed by atoms with E-state index >= 15 is 0 Å². The summed E-state index contributed by atoms with van der Waals surface area (Å²) < 4.78 is 13.5. The Morgan fingerprint density at radius 2 is 1.94 bits per heavy atom. The van der Waals surface area contributed by atoms with Gasteiger partial charge in [-0.2, -0.15) is 0 Å². The molecule has 1 aromatic carbocycles. The smallest absolute Gasteiger partial charge is 0.256 e. The van der Waals surface area contributed by atoms with Crippen LogP contribution in [0.15, 0.2) is 18.2 Å². The third-order valence-corrected chi connectivity index (χ3v) is 2.84. The standard InChI is InChI=1S/C13H18ClFN2O/c1-16(2)7-4-8-17(3)13(18)11-9-10(14)5-6-12(11)15/h5-6,9H,4,7-8H2,1-3H3. The van der Waals surface area contributed by atoms with E-state index in [9.17, 15) is 9.18 Å². The van der Waals surface area contributed by atoms with Gasteiger partial charge in [0.1, 0.15) is 5.82 Å². The molecule has 3 nitrogen and oxygen atoms in total. The van der Waals surface area contributed by atoms with Gasteiger partial charge in [-0.05, 0) is 45.3 Å². The van der Waals surface area contributed by atoms with Crippen LogP contribution < -0.4 is 0 Å². The van der Waals surface area contributed by atoms with Gasteiger partial charge >= 0.3 is 0 Å². The molecule has 0 fully saturated rings. The third kappa shape index (κ3) is 4.27. The van der Waals surface area contributed by atoms with Crippen LogP contribution in [0.1, 0.15) is 16.8 Å². The van der Waals surface area contributed by atoms with Crippen LogP contribution >= 0.6 is 11.6 Å². The van der Waals surface area contributed by atoms with Gasteiger partial charge in [0, 0.05) is 18.6 Å². The predicted molar refractivity (Wildman–Crippen MR) is 71.5 cm³/mol. The lowest BCUT2D eigenvalue weighted by atomic mass is 10.2. The van der Waals surface area contributed by atoms with Gasteiger partial charge in [0.2, 0.25) is 0 Å². The van der Waals surface area contributed by atoms with Gasteiger partial charge in [-0.3, -0.25) is 4.79 Å². The number of hydrogen-bond acceptors (Lipinski definition) is 2. The van der Waals surface area contributed by atoms with Gasteiger partial charge in [-0.1, -0.05) is 11.6 Å². The molecule has 0 unspecified atom stereocenters. The van der Waals surface area contributed by atoms with Crippen molar-refractivity contribution in [2.45, 2.75) is 6.42 Å². The zero-order valence-corrected chi connectivity index (χ0v) is 11.7. The summed E-state index contributed by atoms with van der Waals surface area (Å²) in [4.78, 5) is 15.6. The van der Waals surface area contributed by atoms with E-state index in [4.69, 9.17) is 11.6 Å². The lowest BCUT2D eigenvalue weighted by Crippen LogP contribution is -2.30.